The Morgan fingerprint density at radius 1 is 1.08 bits per heavy atom. The van der Waals surface area contributed by atoms with Gasteiger partial charge in [0.1, 0.15) is 11.5 Å². The van der Waals surface area contributed by atoms with Gasteiger partial charge in [-0.15, -0.1) is 0 Å². The summed E-state index contributed by atoms with van der Waals surface area (Å²) >= 11 is 0. The Morgan fingerprint density at radius 2 is 1.81 bits per heavy atom. The van der Waals surface area contributed by atoms with Crippen LogP contribution in [0.1, 0.15) is 68.4 Å². The molecule has 0 spiro atoms. The van der Waals surface area contributed by atoms with Gasteiger partial charge in [0.2, 0.25) is 5.95 Å². The van der Waals surface area contributed by atoms with Gasteiger partial charge in [0.05, 0.1) is 17.4 Å². The number of nitrogens with zero attached hydrogens (tertiary/aromatic N) is 6. The summed E-state index contributed by atoms with van der Waals surface area (Å²) in [5.41, 5.74) is 2.32. The molecule has 1 aliphatic carbocycles. The number of carbonyl (C=O) groups excluding carboxylic acids is 1. The maximum absolute atomic E-state index is 13.4. The van der Waals surface area contributed by atoms with Crippen LogP contribution in [0.5, 0.6) is 0 Å². The van der Waals surface area contributed by atoms with E-state index < -0.39 is 0 Å². The molecule has 1 aliphatic heterocycles. The Kier molecular flexibility index (Phi) is 7.24. The lowest BCUT2D eigenvalue weighted by Gasteiger charge is -2.36. The molecule has 9 heteroatoms. The van der Waals surface area contributed by atoms with Gasteiger partial charge in [-0.2, -0.15) is 4.98 Å². The molecule has 5 rings (SSSR count). The van der Waals surface area contributed by atoms with Crippen molar-refractivity contribution in [3.05, 3.63) is 46.0 Å². The van der Waals surface area contributed by atoms with Gasteiger partial charge >= 0.3 is 0 Å². The monoisotopic (exact) mass is 503 g/mol. The number of fused-ring (bicyclic) bond motifs is 1. The standard InChI is InChI=1S/C28H37N7O2/c1-18(2)17-33-11-13-34(14-12-33)22-9-10-24(29-15-22)31-28-30-16-23-19(3)25(20(4)36)27(37)35(26(23)32-28)21-7-5-6-8-21/h9-10,15-16,18,21H,5-8,11-14,17H2,1-4H3,(H,29,30,31,32). The Bertz CT molecular complexity index is 1340. The molecule has 0 unspecified atom stereocenters. The predicted molar refractivity (Wildman–Crippen MR) is 147 cm³/mol. The maximum Gasteiger partial charge on any atom is 0.263 e. The molecule has 2 aliphatic rings. The molecule has 0 atom stereocenters. The highest BCUT2D eigenvalue weighted by molar-refractivity contribution is 5.99. The molecule has 2 fully saturated rings. The smallest absolute Gasteiger partial charge is 0.263 e. The number of ketones is 1. The molecule has 1 saturated heterocycles. The van der Waals surface area contributed by atoms with Crippen molar-refractivity contribution in [2.75, 3.05) is 42.9 Å². The third kappa shape index (κ3) is 5.23. The number of hydrogen-bond acceptors (Lipinski definition) is 8. The van der Waals surface area contributed by atoms with Crippen LogP contribution < -0.4 is 15.8 Å². The molecule has 0 amide bonds. The Morgan fingerprint density at radius 3 is 2.43 bits per heavy atom. The number of aromatic nitrogens is 4. The summed E-state index contributed by atoms with van der Waals surface area (Å²) in [6.07, 6.45) is 7.57. The van der Waals surface area contributed by atoms with E-state index in [9.17, 15) is 9.59 Å². The Balaban J connectivity index is 1.38. The minimum atomic E-state index is -0.245. The highest BCUT2D eigenvalue weighted by Crippen LogP contribution is 2.32. The molecular weight excluding hydrogens is 466 g/mol. The van der Waals surface area contributed by atoms with Crippen LogP contribution in [0.2, 0.25) is 0 Å². The van der Waals surface area contributed by atoms with Gasteiger partial charge in [-0.05, 0) is 50.3 Å². The zero-order valence-corrected chi connectivity index (χ0v) is 22.3. The number of Topliss-reactive ketones (excluding diaryl/α,β-unsaturated/α-hetero) is 1. The Hall–Kier alpha value is -3.33. The summed E-state index contributed by atoms with van der Waals surface area (Å²) in [4.78, 5) is 44.5. The number of piperazine rings is 1. The van der Waals surface area contributed by atoms with E-state index in [1.54, 1.807) is 17.7 Å². The lowest BCUT2D eigenvalue weighted by Crippen LogP contribution is -2.47. The van der Waals surface area contributed by atoms with Crippen molar-refractivity contribution in [1.82, 2.24) is 24.4 Å². The minimum Gasteiger partial charge on any atom is -0.368 e. The second kappa shape index (κ2) is 10.6. The van der Waals surface area contributed by atoms with E-state index in [0.29, 0.717) is 28.9 Å². The number of rotatable bonds is 7. The van der Waals surface area contributed by atoms with Crippen LogP contribution in [0.4, 0.5) is 17.5 Å². The summed E-state index contributed by atoms with van der Waals surface area (Å²) in [7, 11) is 0. The number of anilines is 3. The van der Waals surface area contributed by atoms with E-state index in [4.69, 9.17) is 4.98 Å². The highest BCUT2D eigenvalue weighted by Gasteiger charge is 2.26. The molecule has 196 valence electrons. The molecule has 3 aromatic rings. The van der Waals surface area contributed by atoms with E-state index >= 15 is 0 Å². The van der Waals surface area contributed by atoms with Crippen LogP contribution >= 0.6 is 0 Å². The van der Waals surface area contributed by atoms with Gasteiger partial charge in [-0.3, -0.25) is 19.1 Å². The molecule has 1 N–H and O–H groups in total. The third-order valence-electron chi connectivity index (χ3n) is 7.60. The molecule has 1 saturated carbocycles. The number of carbonyl (C=O) groups is 1. The normalized spacial score (nSPS) is 17.2. The van der Waals surface area contributed by atoms with Crippen molar-refractivity contribution >= 4 is 34.3 Å². The van der Waals surface area contributed by atoms with E-state index in [0.717, 1.165) is 69.5 Å². The first-order valence-electron chi connectivity index (χ1n) is 13.4. The van der Waals surface area contributed by atoms with Crippen LogP contribution in [0.25, 0.3) is 11.0 Å². The number of nitrogens with one attached hydrogen (secondary N) is 1. The Labute approximate surface area is 217 Å². The van der Waals surface area contributed by atoms with Crippen molar-refractivity contribution in [2.24, 2.45) is 5.92 Å². The number of pyridine rings is 2. The maximum atomic E-state index is 13.4. The van der Waals surface area contributed by atoms with Gasteiger partial charge < -0.3 is 10.2 Å². The molecule has 0 bridgehead atoms. The summed E-state index contributed by atoms with van der Waals surface area (Å²) in [5.74, 6) is 1.50. The van der Waals surface area contributed by atoms with E-state index in [1.165, 1.54) is 6.92 Å². The summed E-state index contributed by atoms with van der Waals surface area (Å²) in [6, 6.07) is 4.07. The number of hydrogen-bond donors (Lipinski definition) is 1. The van der Waals surface area contributed by atoms with E-state index in [2.05, 4.69) is 45.0 Å². The van der Waals surface area contributed by atoms with Crippen LogP contribution in [-0.2, 0) is 0 Å². The second-order valence-corrected chi connectivity index (χ2v) is 10.8. The van der Waals surface area contributed by atoms with Crippen molar-refractivity contribution in [2.45, 2.75) is 59.4 Å². The van der Waals surface area contributed by atoms with Crippen LogP contribution in [-0.4, -0.2) is 62.9 Å². The molecule has 37 heavy (non-hydrogen) atoms. The SMILES string of the molecule is CC(=O)c1c(C)c2cnc(Nc3ccc(N4CCN(CC(C)C)CC4)cn3)nc2n(C2CCCC2)c1=O. The fraction of sp³-hybridized carbons (Fsp3) is 0.536. The predicted octanol–water partition coefficient (Wildman–Crippen LogP) is 4.33. The van der Waals surface area contributed by atoms with Gasteiger partial charge in [0, 0.05) is 50.3 Å². The van der Waals surface area contributed by atoms with Gasteiger partial charge in [-0.25, -0.2) is 9.97 Å². The summed E-state index contributed by atoms with van der Waals surface area (Å²) in [5, 5.41) is 3.94. The lowest BCUT2D eigenvalue weighted by atomic mass is 10.0. The van der Waals surface area contributed by atoms with Crippen molar-refractivity contribution < 1.29 is 4.79 Å². The zero-order chi connectivity index (χ0) is 26.1. The summed E-state index contributed by atoms with van der Waals surface area (Å²) < 4.78 is 1.73. The van der Waals surface area contributed by atoms with Crippen molar-refractivity contribution in [3.63, 3.8) is 0 Å². The van der Waals surface area contributed by atoms with Crippen LogP contribution in [0.3, 0.4) is 0 Å². The second-order valence-electron chi connectivity index (χ2n) is 10.8. The molecule has 3 aromatic heterocycles. The third-order valence-corrected chi connectivity index (χ3v) is 7.60. The first kappa shape index (κ1) is 25.3. The average molecular weight is 504 g/mol. The molecular formula is C28H37N7O2. The molecule has 9 nitrogen and oxygen atoms in total. The average Bonchev–Trinajstić information content (AvgIpc) is 3.39. The molecule has 4 heterocycles. The summed E-state index contributed by atoms with van der Waals surface area (Å²) in [6.45, 7) is 13.0. The molecule has 0 radical (unpaired) electrons. The largest absolute Gasteiger partial charge is 0.368 e. The minimum absolute atomic E-state index is 0.0508. The first-order valence-corrected chi connectivity index (χ1v) is 13.4. The molecule has 0 aromatic carbocycles. The van der Waals surface area contributed by atoms with E-state index in [-0.39, 0.29) is 22.9 Å². The van der Waals surface area contributed by atoms with Gasteiger partial charge in [0.25, 0.3) is 5.56 Å². The topological polar surface area (TPSA) is 96.2 Å². The fourth-order valence-electron chi connectivity index (χ4n) is 5.78. The highest BCUT2D eigenvalue weighted by atomic mass is 16.1. The van der Waals surface area contributed by atoms with Crippen molar-refractivity contribution in [1.29, 1.82) is 0 Å². The van der Waals surface area contributed by atoms with Crippen LogP contribution in [0.15, 0.2) is 29.3 Å². The van der Waals surface area contributed by atoms with Gasteiger partial charge in [0.15, 0.2) is 5.78 Å². The lowest BCUT2D eigenvalue weighted by molar-refractivity contribution is 0.101. The quantitative estimate of drug-likeness (QED) is 0.476. The fourth-order valence-corrected chi connectivity index (χ4v) is 5.78. The number of aryl methyl sites for hydroxylation is 1. The van der Waals surface area contributed by atoms with E-state index in [1.807, 2.05) is 12.3 Å². The van der Waals surface area contributed by atoms with Gasteiger partial charge in [-0.1, -0.05) is 26.7 Å². The first-order chi connectivity index (χ1) is 17.8. The van der Waals surface area contributed by atoms with Crippen LogP contribution in [0, 0.1) is 12.8 Å². The van der Waals surface area contributed by atoms with Crippen molar-refractivity contribution in [3.8, 4) is 0 Å². The zero-order valence-electron chi connectivity index (χ0n) is 22.3.